The minimum Gasteiger partial charge on any atom is -0.378 e. The van der Waals surface area contributed by atoms with E-state index in [0.29, 0.717) is 39.5 Å². The number of fused-ring (bicyclic) bond motifs is 5. The number of rotatable bonds is 19. The summed E-state index contributed by atoms with van der Waals surface area (Å²) in [7, 11) is 17.8. The third kappa shape index (κ3) is 17.4. The molecule has 0 aliphatic rings. The molecule has 0 amide bonds. The monoisotopic (exact) mass is 1640 g/mol. The molecule has 3 aromatic carbocycles. The highest BCUT2D eigenvalue weighted by Gasteiger charge is 2.20. The molecule has 0 spiro atoms. The Morgan fingerprint density at radius 2 is 0.739 bits per heavy atom. The molecule has 0 fully saturated rings. The molecule has 0 aliphatic carbocycles. The second kappa shape index (κ2) is 34.5. The van der Waals surface area contributed by atoms with Gasteiger partial charge in [0.05, 0.1) is 84.2 Å². The molecule has 0 saturated carbocycles. The number of nitrogens with zero attached hydrogens (tertiary/aromatic N) is 29. The van der Waals surface area contributed by atoms with E-state index in [1.54, 1.807) is 62.6 Å². The third-order valence-corrected chi connectivity index (χ3v) is 20.6. The van der Waals surface area contributed by atoms with Crippen molar-refractivity contribution in [2.75, 3.05) is 83.6 Å². The van der Waals surface area contributed by atoms with Crippen LogP contribution < -0.4 is 41.3 Å². The van der Waals surface area contributed by atoms with Gasteiger partial charge in [-0.2, -0.15) is 40.5 Å². The van der Waals surface area contributed by atoms with Gasteiger partial charge in [-0.05, 0) is 73.0 Å². The minimum atomic E-state index is 0.296. The zero-order chi connectivity index (χ0) is 82.2. The maximum atomic E-state index is 4.56. The highest BCUT2D eigenvalue weighted by molar-refractivity contribution is 7.10. The Labute approximate surface area is 693 Å². The fraction of sp³-hybridized carbons (Fsp3) is 0.160. The summed E-state index contributed by atoms with van der Waals surface area (Å²) in [5, 5.41) is 41.6. The molecule has 20 aromatic rings. The highest BCUT2D eigenvalue weighted by Crippen LogP contribution is 2.34. The number of anilines is 13. The van der Waals surface area contributed by atoms with Crippen LogP contribution in [0.2, 0.25) is 0 Å². The predicted octanol–water partition coefficient (Wildman–Crippen LogP) is 15.0. The van der Waals surface area contributed by atoms with Crippen molar-refractivity contribution in [2.24, 2.45) is 21.1 Å². The Hall–Kier alpha value is -15.2. The van der Waals surface area contributed by atoms with Crippen LogP contribution in [0.5, 0.6) is 0 Å². The summed E-state index contributed by atoms with van der Waals surface area (Å²) in [5.41, 5.74) is 20.2. The summed E-state index contributed by atoms with van der Waals surface area (Å²) in [6.45, 7) is 5.99. The molecule has 20 rings (SSSR count). The molecular formula is C81H81N35S3. The molecule has 6 N–H and O–H groups in total. The summed E-state index contributed by atoms with van der Waals surface area (Å²) in [6, 6.07) is 26.7. The maximum absolute atomic E-state index is 4.56. The number of nitrogens with one attached hydrogen (secondary N) is 6. The van der Waals surface area contributed by atoms with E-state index in [1.807, 2.05) is 230 Å². The smallest absolute Gasteiger partial charge is 0.208 e. The van der Waals surface area contributed by atoms with E-state index in [1.165, 1.54) is 28.6 Å². The van der Waals surface area contributed by atoms with Gasteiger partial charge in [0.25, 0.3) is 0 Å². The molecule has 17 heterocycles. The van der Waals surface area contributed by atoms with E-state index < -0.39 is 0 Å². The standard InChI is InChI=1S/C18H19N7.C18H17N5S.C17H17N7.C15H16N8S.C13H12N8S/c1-23(2)15-6-4-5-14(9-15)22-17-18-20-11-16(25(18)8-7-19-17)13-10-21-24(3)12-13;1-22(2)15-5-3-4-14(10-15)21-17-18-20-11-16(13-6-9-24-12-13)23(18)8-7-19-17;1-23(2)14-5-3-4-13(8-14)22-16-17-19-11-15(12-9-20-21-10-12)24(17)7-6-18-16;1-9(2)12-19-15(24-21-12)20-13-14-17-7-11(23(14)5-4-16-13)10-6-18-22(3)8-10;1-8-17-13(22-19-8)18-11-12-15-6-10(21(12)4-3-14-11)9-5-16-20(2)7-9/h4-12H,1-3H3,(H,19,22);3-12H,1-2H3,(H,19,21);3-11H,1-2H3,(H,18,22)(H,20,21);4-9H,1-3H3,(H,16,19,20,21);3-7H,1-2H3,(H,14,17,18,19). The largest absolute Gasteiger partial charge is 0.378 e. The number of H-pyrrole nitrogens is 1. The lowest BCUT2D eigenvalue weighted by molar-refractivity contribution is 0.768. The summed E-state index contributed by atoms with van der Waals surface area (Å²) in [5.74, 6) is 5.33. The average molecular weight is 1640 g/mol. The topological polar surface area (TPSA) is 355 Å². The first-order chi connectivity index (χ1) is 57.9. The van der Waals surface area contributed by atoms with Gasteiger partial charge in [0, 0.05) is 246 Å². The molecular weight excluding hydrogens is 1560 g/mol. The Morgan fingerprint density at radius 3 is 1.04 bits per heavy atom. The quantitative estimate of drug-likeness (QED) is 0.0438. The summed E-state index contributed by atoms with van der Waals surface area (Å²) >= 11 is 4.30. The number of hydrogen-bond donors (Lipinski definition) is 6. The zero-order valence-electron chi connectivity index (χ0n) is 66.7. The molecule has 598 valence electrons. The number of hydrogen-bond acceptors (Lipinski definition) is 29. The second-order valence-corrected chi connectivity index (χ2v) is 30.3. The lowest BCUT2D eigenvalue weighted by Crippen LogP contribution is -2.08. The number of thiophene rings is 1. The SMILES string of the molecule is CC(C)c1nsc(Nc2nccn3c(-c4cnn(C)c4)cnc23)n1.CN(C)c1cccc(Nc2nccn3c(-c4ccsc4)cnc23)c1.CN(C)c1cccc(Nc2nccn3c(-c4cn[nH]c4)cnc23)c1.CN(C)c1cccc(Nc2nccn3c(-c4cnn(C)c4)cnc23)c1.Cc1nsc(Nc2nccn3c(-c4cnn(C)c4)cnc23)n1. The van der Waals surface area contributed by atoms with Crippen LogP contribution in [0.25, 0.3) is 84.5 Å². The predicted molar refractivity (Wildman–Crippen MR) is 470 cm³/mol. The van der Waals surface area contributed by atoms with Gasteiger partial charge in [0.1, 0.15) is 11.6 Å². The van der Waals surface area contributed by atoms with Crippen LogP contribution in [-0.2, 0) is 21.1 Å². The summed E-state index contributed by atoms with van der Waals surface area (Å²) in [4.78, 5) is 59.7. The number of aromatic amines is 1. The summed E-state index contributed by atoms with van der Waals surface area (Å²) in [6.07, 6.45) is 42.4. The Kier molecular flexibility index (Phi) is 22.5. The number of benzene rings is 3. The van der Waals surface area contributed by atoms with Gasteiger partial charge in [0.15, 0.2) is 57.3 Å². The van der Waals surface area contributed by atoms with E-state index in [2.05, 4.69) is 207 Å². The Balaban J connectivity index is 0.000000111. The van der Waals surface area contributed by atoms with Gasteiger partial charge in [-0.25, -0.2) is 59.8 Å². The van der Waals surface area contributed by atoms with Crippen LogP contribution in [0, 0.1) is 6.92 Å². The van der Waals surface area contributed by atoms with Crippen LogP contribution in [0.3, 0.4) is 0 Å². The van der Waals surface area contributed by atoms with Crippen LogP contribution in [0.15, 0.2) is 232 Å². The lowest BCUT2D eigenvalue weighted by Gasteiger charge is -2.14. The fourth-order valence-corrected chi connectivity index (χ4v) is 14.6. The van der Waals surface area contributed by atoms with Gasteiger partial charge in [-0.1, -0.05) is 32.0 Å². The molecule has 0 atom stereocenters. The fourth-order valence-electron chi connectivity index (χ4n) is 12.6. The van der Waals surface area contributed by atoms with Crippen molar-refractivity contribution in [3.05, 3.63) is 244 Å². The molecule has 0 unspecified atom stereocenters. The normalized spacial score (nSPS) is 11.1. The van der Waals surface area contributed by atoms with Gasteiger partial charge < -0.3 is 41.3 Å². The average Bonchev–Trinajstić information content (AvgIpc) is 1.67. The van der Waals surface area contributed by atoms with Gasteiger partial charge >= 0.3 is 0 Å². The highest BCUT2D eigenvalue weighted by atomic mass is 32.1. The zero-order valence-corrected chi connectivity index (χ0v) is 69.2. The maximum Gasteiger partial charge on any atom is 0.208 e. The van der Waals surface area contributed by atoms with Crippen LogP contribution in [0.4, 0.5) is 73.5 Å². The van der Waals surface area contributed by atoms with Crippen molar-refractivity contribution < 1.29 is 0 Å². The van der Waals surface area contributed by atoms with Crippen molar-refractivity contribution in [1.29, 1.82) is 0 Å². The molecule has 0 aliphatic heterocycles. The first-order valence-corrected chi connectivity index (χ1v) is 39.8. The van der Waals surface area contributed by atoms with Gasteiger partial charge in [-0.15, -0.1) is 0 Å². The van der Waals surface area contributed by atoms with Crippen molar-refractivity contribution >= 4 is 136 Å². The van der Waals surface area contributed by atoms with Crippen LogP contribution in [-0.4, -0.2) is 172 Å². The molecule has 0 saturated heterocycles. The second-order valence-electron chi connectivity index (χ2n) is 28.0. The molecule has 0 radical (unpaired) electrons. The summed E-state index contributed by atoms with van der Waals surface area (Å²) < 4.78 is 23.8. The van der Waals surface area contributed by atoms with E-state index in [4.69, 9.17) is 0 Å². The third-order valence-electron chi connectivity index (χ3n) is 18.6. The van der Waals surface area contributed by atoms with Gasteiger partial charge in [0.2, 0.25) is 10.3 Å². The number of aryl methyl sites for hydroxylation is 4. The van der Waals surface area contributed by atoms with E-state index >= 15 is 0 Å². The van der Waals surface area contributed by atoms with E-state index in [-0.39, 0.29) is 0 Å². The van der Waals surface area contributed by atoms with Crippen molar-refractivity contribution in [3.63, 3.8) is 0 Å². The minimum absolute atomic E-state index is 0.296. The van der Waals surface area contributed by atoms with E-state index in [9.17, 15) is 0 Å². The number of imidazole rings is 5. The van der Waals surface area contributed by atoms with E-state index in [0.717, 1.165) is 131 Å². The van der Waals surface area contributed by atoms with Gasteiger partial charge in [-0.3, -0.25) is 41.1 Å². The first-order valence-electron chi connectivity index (χ1n) is 37.3. The lowest BCUT2D eigenvalue weighted by atomic mass is 10.2. The molecule has 17 aromatic heterocycles. The van der Waals surface area contributed by atoms with Crippen molar-refractivity contribution in [2.45, 2.75) is 26.7 Å². The molecule has 0 bridgehead atoms. The Morgan fingerprint density at radius 1 is 0.387 bits per heavy atom. The Bertz CT molecular complexity index is 6640. The van der Waals surface area contributed by atoms with Crippen molar-refractivity contribution in [1.82, 2.24) is 130 Å². The number of aromatic nitrogens is 27. The van der Waals surface area contributed by atoms with Crippen LogP contribution in [0.1, 0.15) is 31.4 Å². The van der Waals surface area contributed by atoms with Crippen molar-refractivity contribution in [3.8, 4) is 56.3 Å². The molecule has 119 heavy (non-hydrogen) atoms. The molecule has 38 heteroatoms. The van der Waals surface area contributed by atoms with Crippen LogP contribution >= 0.6 is 34.4 Å². The first kappa shape index (κ1) is 77.7. The molecule has 35 nitrogen and oxygen atoms in total.